The maximum absolute atomic E-state index is 13.1. The van der Waals surface area contributed by atoms with Crippen LogP contribution in [0, 0.1) is 0 Å². The van der Waals surface area contributed by atoms with E-state index in [9.17, 15) is 4.79 Å². The lowest BCUT2D eigenvalue weighted by Crippen LogP contribution is -2.15. The lowest BCUT2D eigenvalue weighted by atomic mass is 10.2. The number of anilines is 2. The standard InChI is InChI=1S/C26H23Cl2N5O2/c1-35-23-13-7-4-8-18(23)14-15-24(34)33-26(30-17-20-10-3-6-12-22(20)28)31-25(32-33)29-16-19-9-2-5-11-21(19)27/h2-15H,16-17H2,1H3,(H2,29,30,31,32)/b15-14+. The molecule has 9 heteroatoms. The molecule has 1 aromatic heterocycles. The number of aromatic nitrogens is 3. The maximum atomic E-state index is 13.1. The minimum Gasteiger partial charge on any atom is -0.496 e. The molecule has 0 aliphatic rings. The Morgan fingerprint density at radius 3 is 2.17 bits per heavy atom. The van der Waals surface area contributed by atoms with Crippen LogP contribution in [0.3, 0.4) is 0 Å². The van der Waals surface area contributed by atoms with E-state index in [1.807, 2.05) is 66.7 Å². The summed E-state index contributed by atoms with van der Waals surface area (Å²) in [7, 11) is 1.58. The normalized spacial score (nSPS) is 10.9. The second-order valence-corrected chi connectivity index (χ2v) is 8.29. The molecular weight excluding hydrogens is 485 g/mol. The van der Waals surface area contributed by atoms with Crippen LogP contribution in [-0.2, 0) is 13.1 Å². The van der Waals surface area contributed by atoms with Gasteiger partial charge in [-0.05, 0) is 35.4 Å². The lowest BCUT2D eigenvalue weighted by molar-refractivity contribution is 0.0957. The predicted octanol–water partition coefficient (Wildman–Crippen LogP) is 6.17. The molecule has 178 valence electrons. The van der Waals surface area contributed by atoms with Crippen molar-refractivity contribution in [2.75, 3.05) is 17.7 Å². The molecule has 0 aliphatic heterocycles. The molecule has 7 nitrogen and oxygen atoms in total. The van der Waals surface area contributed by atoms with Gasteiger partial charge in [-0.2, -0.15) is 9.67 Å². The van der Waals surface area contributed by atoms with E-state index in [2.05, 4.69) is 20.7 Å². The summed E-state index contributed by atoms with van der Waals surface area (Å²) in [6.45, 7) is 0.769. The summed E-state index contributed by atoms with van der Waals surface area (Å²) in [5.74, 6) is 0.844. The van der Waals surface area contributed by atoms with Crippen molar-refractivity contribution in [2.24, 2.45) is 0 Å². The molecule has 0 spiro atoms. The smallest absolute Gasteiger partial charge is 0.274 e. The van der Waals surface area contributed by atoms with Crippen LogP contribution in [0.1, 0.15) is 21.5 Å². The van der Waals surface area contributed by atoms with Crippen LogP contribution < -0.4 is 15.4 Å². The molecule has 0 radical (unpaired) electrons. The number of rotatable bonds is 9. The van der Waals surface area contributed by atoms with Crippen molar-refractivity contribution in [1.82, 2.24) is 14.8 Å². The van der Waals surface area contributed by atoms with Crippen LogP contribution in [0.2, 0.25) is 10.0 Å². The van der Waals surface area contributed by atoms with Gasteiger partial charge < -0.3 is 15.4 Å². The number of benzene rings is 3. The second-order valence-electron chi connectivity index (χ2n) is 7.47. The van der Waals surface area contributed by atoms with E-state index in [0.29, 0.717) is 28.9 Å². The molecular formula is C26H23Cl2N5O2. The molecule has 0 atom stereocenters. The number of halogens is 2. The van der Waals surface area contributed by atoms with E-state index in [4.69, 9.17) is 27.9 Å². The highest BCUT2D eigenvalue weighted by Gasteiger charge is 2.15. The Bertz CT molecular complexity index is 1350. The third kappa shape index (κ3) is 6.20. The van der Waals surface area contributed by atoms with Gasteiger partial charge in [-0.3, -0.25) is 4.79 Å². The first kappa shape index (κ1) is 24.3. The van der Waals surface area contributed by atoms with E-state index in [-0.39, 0.29) is 17.8 Å². The first-order valence-corrected chi connectivity index (χ1v) is 11.6. The molecule has 0 bridgehead atoms. The fourth-order valence-electron chi connectivity index (χ4n) is 3.32. The molecule has 0 saturated heterocycles. The van der Waals surface area contributed by atoms with Gasteiger partial charge in [-0.1, -0.05) is 77.8 Å². The van der Waals surface area contributed by atoms with Crippen LogP contribution in [0.25, 0.3) is 6.08 Å². The zero-order chi connectivity index (χ0) is 24.6. The molecule has 0 saturated carbocycles. The third-order valence-electron chi connectivity index (χ3n) is 5.15. The van der Waals surface area contributed by atoms with E-state index in [1.165, 1.54) is 10.8 Å². The quantitative estimate of drug-likeness (QED) is 0.263. The number of hydrogen-bond donors (Lipinski definition) is 2. The number of allylic oxidation sites excluding steroid dienone is 1. The fourth-order valence-corrected chi connectivity index (χ4v) is 3.73. The summed E-state index contributed by atoms with van der Waals surface area (Å²) in [5, 5.41) is 11.9. The molecule has 1 heterocycles. The molecule has 4 aromatic rings. The topological polar surface area (TPSA) is 81.1 Å². The average molecular weight is 508 g/mol. The first-order chi connectivity index (χ1) is 17.0. The van der Waals surface area contributed by atoms with Gasteiger partial charge in [0.05, 0.1) is 7.11 Å². The van der Waals surface area contributed by atoms with Crippen molar-refractivity contribution in [3.05, 3.63) is 106 Å². The summed E-state index contributed by atoms with van der Waals surface area (Å²) in [5.41, 5.74) is 2.52. The first-order valence-electron chi connectivity index (χ1n) is 10.8. The molecule has 0 aliphatic carbocycles. The molecule has 0 unspecified atom stereocenters. The Labute approximate surface area is 213 Å². The second kappa shape index (κ2) is 11.6. The summed E-state index contributed by atoms with van der Waals surface area (Å²) < 4.78 is 6.56. The van der Waals surface area contributed by atoms with Crippen molar-refractivity contribution >= 4 is 47.1 Å². The van der Waals surface area contributed by atoms with E-state index in [1.54, 1.807) is 19.3 Å². The van der Waals surface area contributed by atoms with E-state index >= 15 is 0 Å². The SMILES string of the molecule is COc1ccccc1/C=C/C(=O)n1nc(NCc2ccccc2Cl)nc1NCc1ccccc1Cl. The van der Waals surface area contributed by atoms with Gasteiger partial charge >= 0.3 is 0 Å². The predicted molar refractivity (Wildman–Crippen MR) is 140 cm³/mol. The van der Waals surface area contributed by atoms with Gasteiger partial charge in [0.2, 0.25) is 11.9 Å². The Kier molecular flexibility index (Phi) is 8.03. The number of nitrogens with zero attached hydrogens (tertiary/aromatic N) is 3. The van der Waals surface area contributed by atoms with Crippen molar-refractivity contribution in [2.45, 2.75) is 13.1 Å². The molecule has 0 amide bonds. The third-order valence-corrected chi connectivity index (χ3v) is 5.89. The van der Waals surface area contributed by atoms with Gasteiger partial charge in [0, 0.05) is 34.8 Å². The van der Waals surface area contributed by atoms with Crippen LogP contribution in [-0.4, -0.2) is 27.8 Å². The van der Waals surface area contributed by atoms with Gasteiger partial charge in [-0.15, -0.1) is 5.10 Å². The van der Waals surface area contributed by atoms with Crippen molar-refractivity contribution in [1.29, 1.82) is 0 Å². The van der Waals surface area contributed by atoms with Crippen LogP contribution >= 0.6 is 23.2 Å². The number of nitrogens with one attached hydrogen (secondary N) is 2. The highest BCUT2D eigenvalue weighted by atomic mass is 35.5. The van der Waals surface area contributed by atoms with Crippen molar-refractivity contribution in [3.8, 4) is 5.75 Å². The number of carbonyl (C=O) groups excluding carboxylic acids is 1. The largest absolute Gasteiger partial charge is 0.496 e. The lowest BCUT2D eigenvalue weighted by Gasteiger charge is -2.07. The van der Waals surface area contributed by atoms with Gasteiger partial charge in [0.15, 0.2) is 0 Å². The Balaban J connectivity index is 1.57. The highest BCUT2D eigenvalue weighted by Crippen LogP contribution is 2.21. The summed E-state index contributed by atoms with van der Waals surface area (Å²) in [4.78, 5) is 17.5. The molecule has 0 fully saturated rings. The zero-order valence-electron chi connectivity index (χ0n) is 18.9. The Hall–Kier alpha value is -3.81. The number of ether oxygens (including phenoxy) is 1. The average Bonchev–Trinajstić information content (AvgIpc) is 3.29. The monoisotopic (exact) mass is 507 g/mol. The van der Waals surface area contributed by atoms with Crippen molar-refractivity contribution < 1.29 is 9.53 Å². The van der Waals surface area contributed by atoms with Crippen LogP contribution in [0.4, 0.5) is 11.9 Å². The minimum atomic E-state index is -0.379. The summed E-state index contributed by atoms with van der Waals surface area (Å²) >= 11 is 12.5. The van der Waals surface area contributed by atoms with Crippen molar-refractivity contribution in [3.63, 3.8) is 0 Å². The van der Waals surface area contributed by atoms with Gasteiger partial charge in [-0.25, -0.2) is 0 Å². The van der Waals surface area contributed by atoms with E-state index < -0.39 is 0 Å². The molecule has 35 heavy (non-hydrogen) atoms. The number of carbonyl (C=O) groups is 1. The molecule has 3 aromatic carbocycles. The maximum Gasteiger partial charge on any atom is 0.274 e. The van der Waals surface area contributed by atoms with Crippen LogP contribution in [0.5, 0.6) is 5.75 Å². The number of hydrogen-bond acceptors (Lipinski definition) is 6. The zero-order valence-corrected chi connectivity index (χ0v) is 20.4. The van der Waals surface area contributed by atoms with Crippen LogP contribution in [0.15, 0.2) is 78.9 Å². The minimum absolute atomic E-state index is 0.279. The fraction of sp³-hybridized carbons (Fsp3) is 0.115. The number of para-hydroxylation sites is 1. The summed E-state index contributed by atoms with van der Waals surface area (Å²) in [6, 6.07) is 22.4. The highest BCUT2D eigenvalue weighted by molar-refractivity contribution is 6.31. The Morgan fingerprint density at radius 1 is 0.914 bits per heavy atom. The molecule has 4 rings (SSSR count). The van der Waals surface area contributed by atoms with Gasteiger partial charge in [0.1, 0.15) is 5.75 Å². The van der Waals surface area contributed by atoms with E-state index in [0.717, 1.165) is 16.7 Å². The number of methoxy groups -OCH3 is 1. The molecule has 2 N–H and O–H groups in total. The van der Waals surface area contributed by atoms with Gasteiger partial charge in [0.25, 0.3) is 5.91 Å². The Morgan fingerprint density at radius 2 is 1.51 bits per heavy atom. The summed E-state index contributed by atoms with van der Waals surface area (Å²) in [6.07, 6.45) is 3.10.